The summed E-state index contributed by atoms with van der Waals surface area (Å²) in [4.78, 5) is 2.51. The Kier molecular flexibility index (Phi) is 3.13. The van der Waals surface area contributed by atoms with Crippen LogP contribution in [0, 0.1) is 5.41 Å². The molecular formula is C10H22N2. The van der Waals surface area contributed by atoms with Gasteiger partial charge in [0.05, 0.1) is 0 Å². The van der Waals surface area contributed by atoms with Gasteiger partial charge in [0.15, 0.2) is 0 Å². The second-order valence-electron chi connectivity index (χ2n) is 4.98. The van der Waals surface area contributed by atoms with Crippen LogP contribution in [0.15, 0.2) is 0 Å². The number of nitrogens with one attached hydrogen (secondary N) is 1. The van der Waals surface area contributed by atoms with E-state index in [1.165, 1.54) is 19.6 Å². The predicted molar refractivity (Wildman–Crippen MR) is 53.4 cm³/mol. The largest absolute Gasteiger partial charge is 0.313 e. The van der Waals surface area contributed by atoms with E-state index in [1.807, 2.05) is 0 Å². The lowest BCUT2D eigenvalue weighted by Crippen LogP contribution is -2.54. The Hall–Kier alpha value is -0.0800. The molecule has 1 rings (SSSR count). The zero-order valence-electron chi connectivity index (χ0n) is 8.85. The molecule has 1 heterocycles. The van der Waals surface area contributed by atoms with E-state index >= 15 is 0 Å². The molecule has 2 heteroatoms. The fourth-order valence-corrected chi connectivity index (χ4v) is 1.83. The summed E-state index contributed by atoms with van der Waals surface area (Å²) in [7, 11) is 0. The second-order valence-corrected chi connectivity index (χ2v) is 4.98. The molecule has 1 N–H and O–H groups in total. The highest BCUT2D eigenvalue weighted by Crippen LogP contribution is 2.27. The van der Waals surface area contributed by atoms with Crippen molar-refractivity contribution in [3.05, 3.63) is 0 Å². The Morgan fingerprint density at radius 3 is 2.33 bits per heavy atom. The molecule has 0 spiro atoms. The molecule has 0 bridgehead atoms. The summed E-state index contributed by atoms with van der Waals surface area (Å²) in [6, 6.07) is 0.624. The van der Waals surface area contributed by atoms with Crippen molar-refractivity contribution < 1.29 is 0 Å². The van der Waals surface area contributed by atoms with Gasteiger partial charge in [0.1, 0.15) is 0 Å². The highest BCUT2D eigenvalue weighted by Gasteiger charge is 2.33. The fraction of sp³-hybridized carbons (Fsp3) is 1.00. The summed E-state index contributed by atoms with van der Waals surface area (Å²) < 4.78 is 0. The van der Waals surface area contributed by atoms with Crippen molar-refractivity contribution in [3.63, 3.8) is 0 Å². The van der Waals surface area contributed by atoms with Crippen LogP contribution in [0.25, 0.3) is 0 Å². The molecule has 0 aromatic carbocycles. The van der Waals surface area contributed by atoms with Gasteiger partial charge in [-0.05, 0) is 5.41 Å². The van der Waals surface area contributed by atoms with Gasteiger partial charge >= 0.3 is 0 Å². The Morgan fingerprint density at radius 1 is 1.33 bits per heavy atom. The molecule has 0 aromatic rings. The van der Waals surface area contributed by atoms with Gasteiger partial charge in [0, 0.05) is 32.2 Å². The second kappa shape index (κ2) is 3.75. The molecule has 1 fully saturated rings. The van der Waals surface area contributed by atoms with Crippen molar-refractivity contribution >= 4 is 0 Å². The van der Waals surface area contributed by atoms with Crippen LogP contribution in [0.1, 0.15) is 27.7 Å². The highest BCUT2D eigenvalue weighted by molar-refractivity contribution is 4.87. The summed E-state index contributed by atoms with van der Waals surface area (Å²) in [6.07, 6.45) is 0. The van der Waals surface area contributed by atoms with Crippen LogP contribution in [-0.4, -0.2) is 37.1 Å². The molecule has 2 nitrogen and oxygen atoms in total. The number of hydrogen-bond donors (Lipinski definition) is 1. The predicted octanol–water partition coefficient (Wildman–Crippen LogP) is 1.33. The first-order valence-electron chi connectivity index (χ1n) is 4.95. The van der Waals surface area contributed by atoms with Gasteiger partial charge in [-0.15, -0.1) is 0 Å². The minimum Gasteiger partial charge on any atom is -0.313 e. The van der Waals surface area contributed by atoms with Gasteiger partial charge in [-0.3, -0.25) is 0 Å². The third-order valence-corrected chi connectivity index (χ3v) is 2.28. The monoisotopic (exact) mass is 170 g/mol. The first kappa shape index (κ1) is 10.0. The maximum atomic E-state index is 3.43. The third kappa shape index (κ3) is 3.11. The molecule has 12 heavy (non-hydrogen) atoms. The molecule has 0 radical (unpaired) electrons. The smallest absolute Gasteiger partial charge is 0.0107 e. The minimum atomic E-state index is 0.581. The number of nitrogens with zero attached hydrogens (tertiary/aromatic N) is 1. The molecule has 0 aromatic heterocycles. The van der Waals surface area contributed by atoms with Crippen LogP contribution in [0.5, 0.6) is 0 Å². The van der Waals surface area contributed by atoms with Gasteiger partial charge < -0.3 is 10.2 Å². The Morgan fingerprint density at radius 2 is 1.92 bits per heavy atom. The lowest BCUT2D eigenvalue weighted by molar-refractivity contribution is 0.0321. The zero-order chi connectivity index (χ0) is 9.19. The van der Waals surface area contributed by atoms with Crippen molar-refractivity contribution in [3.8, 4) is 0 Å². The Bertz CT molecular complexity index is 133. The van der Waals surface area contributed by atoms with E-state index in [0.717, 1.165) is 6.54 Å². The summed E-state index contributed by atoms with van der Waals surface area (Å²) in [5, 5.41) is 3.43. The molecule has 0 atom stereocenters. The quantitative estimate of drug-likeness (QED) is 0.684. The Labute approximate surface area is 76.3 Å². The maximum Gasteiger partial charge on any atom is 0.0107 e. The summed E-state index contributed by atoms with van der Waals surface area (Å²) in [5.41, 5.74) is 0.581. The molecule has 72 valence electrons. The van der Waals surface area contributed by atoms with Crippen LogP contribution in [0.3, 0.4) is 0 Å². The highest BCUT2D eigenvalue weighted by atomic mass is 15.2. The van der Waals surface area contributed by atoms with Crippen molar-refractivity contribution in [1.82, 2.24) is 10.2 Å². The van der Waals surface area contributed by atoms with Gasteiger partial charge in [-0.2, -0.15) is 0 Å². The van der Waals surface area contributed by atoms with Crippen LogP contribution in [-0.2, 0) is 0 Å². The first-order valence-corrected chi connectivity index (χ1v) is 4.95. The Balaban J connectivity index is 1.97. The third-order valence-electron chi connectivity index (χ3n) is 2.28. The zero-order valence-corrected chi connectivity index (χ0v) is 8.85. The average Bonchev–Trinajstić information content (AvgIpc) is 1.82. The fourth-order valence-electron chi connectivity index (χ4n) is 1.83. The lowest BCUT2D eigenvalue weighted by Gasteiger charge is -2.46. The number of rotatable bonds is 4. The molecule has 0 unspecified atom stereocenters. The van der Waals surface area contributed by atoms with Crippen LogP contribution in [0.4, 0.5) is 0 Å². The number of likely N-dealkylation sites (tertiary alicyclic amines) is 1. The van der Waals surface area contributed by atoms with Crippen LogP contribution < -0.4 is 5.32 Å². The maximum absolute atomic E-state index is 3.43. The van der Waals surface area contributed by atoms with E-state index in [-0.39, 0.29) is 0 Å². The summed E-state index contributed by atoms with van der Waals surface area (Å²) >= 11 is 0. The van der Waals surface area contributed by atoms with Gasteiger partial charge in [-0.1, -0.05) is 27.7 Å². The molecule has 0 saturated carbocycles. The van der Waals surface area contributed by atoms with E-state index in [0.29, 0.717) is 11.5 Å². The van der Waals surface area contributed by atoms with Crippen molar-refractivity contribution in [2.24, 2.45) is 5.41 Å². The van der Waals surface area contributed by atoms with E-state index in [9.17, 15) is 0 Å². The average molecular weight is 170 g/mol. The van der Waals surface area contributed by atoms with E-state index < -0.39 is 0 Å². The molecular weight excluding hydrogens is 148 g/mol. The van der Waals surface area contributed by atoms with Crippen molar-refractivity contribution in [2.45, 2.75) is 33.7 Å². The first-order chi connectivity index (χ1) is 5.49. The molecule has 1 aliphatic rings. The topological polar surface area (TPSA) is 15.3 Å². The molecule has 0 aliphatic carbocycles. The van der Waals surface area contributed by atoms with Crippen molar-refractivity contribution in [1.29, 1.82) is 0 Å². The molecule has 0 amide bonds. The van der Waals surface area contributed by atoms with Gasteiger partial charge in [-0.25, -0.2) is 0 Å². The van der Waals surface area contributed by atoms with Gasteiger partial charge in [0.25, 0.3) is 0 Å². The lowest BCUT2D eigenvalue weighted by atomic mass is 9.84. The van der Waals surface area contributed by atoms with Crippen LogP contribution >= 0.6 is 0 Å². The summed E-state index contributed by atoms with van der Waals surface area (Å²) in [5.74, 6) is 0. The van der Waals surface area contributed by atoms with Gasteiger partial charge in [0.2, 0.25) is 0 Å². The summed E-state index contributed by atoms with van der Waals surface area (Å²) in [6.45, 7) is 13.9. The molecule has 1 saturated heterocycles. The standard InChI is InChI=1S/C10H22N2/c1-9(2)11-5-6-12-7-10(3,4)8-12/h9,11H,5-8H2,1-4H3. The number of hydrogen-bond acceptors (Lipinski definition) is 2. The van der Waals surface area contributed by atoms with E-state index in [4.69, 9.17) is 0 Å². The van der Waals surface area contributed by atoms with E-state index in [1.54, 1.807) is 0 Å². The van der Waals surface area contributed by atoms with Crippen LogP contribution in [0.2, 0.25) is 0 Å². The minimum absolute atomic E-state index is 0.581. The molecule has 1 aliphatic heterocycles. The normalized spacial score (nSPS) is 22.8. The SMILES string of the molecule is CC(C)NCCN1CC(C)(C)C1. The van der Waals surface area contributed by atoms with Crippen molar-refractivity contribution in [2.75, 3.05) is 26.2 Å². The van der Waals surface area contributed by atoms with E-state index in [2.05, 4.69) is 37.9 Å².